The van der Waals surface area contributed by atoms with E-state index in [4.69, 9.17) is 30.1 Å². The molecule has 2 fully saturated rings. The van der Waals surface area contributed by atoms with Gasteiger partial charge in [0.15, 0.2) is 0 Å². The van der Waals surface area contributed by atoms with Gasteiger partial charge in [0.2, 0.25) is 0 Å². The fraction of sp³-hybridized carbons (Fsp3) is 0.438. The minimum Gasteiger partial charge on any atom is -0.487 e. The van der Waals surface area contributed by atoms with Gasteiger partial charge in [0.05, 0.1) is 12.5 Å². The Morgan fingerprint density at radius 1 is 0.725 bits per heavy atom. The Kier molecular flexibility index (Phi) is 8.81. The normalized spacial score (nSPS) is 14.6. The van der Waals surface area contributed by atoms with Crippen molar-refractivity contribution in [3.05, 3.63) is 92.7 Å². The van der Waals surface area contributed by atoms with Gasteiger partial charge in [-0.3, -0.25) is 0 Å². The van der Waals surface area contributed by atoms with Crippen molar-refractivity contribution in [3.63, 3.8) is 0 Å². The average molecular weight is 565 g/mol. The van der Waals surface area contributed by atoms with E-state index in [1.54, 1.807) is 0 Å². The number of alkyl halides is 1. The van der Waals surface area contributed by atoms with Crippen LogP contribution in [0.2, 0.25) is 0 Å². The van der Waals surface area contributed by atoms with E-state index in [0.29, 0.717) is 36.6 Å². The van der Waals surface area contributed by atoms with Crippen molar-refractivity contribution in [2.45, 2.75) is 90.9 Å². The van der Waals surface area contributed by atoms with Crippen LogP contribution in [0.15, 0.2) is 45.4 Å². The number of nitrogens with zero attached hydrogens (tertiary/aromatic N) is 2. The molecule has 2 aliphatic carbocycles. The molecule has 0 spiro atoms. The van der Waals surface area contributed by atoms with Crippen LogP contribution in [0.5, 0.6) is 11.5 Å². The van der Waals surface area contributed by atoms with Crippen LogP contribution in [-0.4, -0.2) is 15.4 Å². The van der Waals surface area contributed by atoms with Gasteiger partial charge in [-0.05, 0) is 75.6 Å². The topological polar surface area (TPSA) is 90.8 Å². The Morgan fingerprint density at radius 3 is 1.50 bits per heavy atom. The van der Waals surface area contributed by atoms with E-state index in [2.05, 4.69) is 10.3 Å². The molecule has 2 saturated carbocycles. The summed E-state index contributed by atoms with van der Waals surface area (Å²) in [6.45, 7) is 8.83. The maximum atomic E-state index is 9.52. The highest BCUT2D eigenvalue weighted by atomic mass is 35.5. The number of rotatable bonds is 10. The molecule has 0 radical (unpaired) electrons. The molecule has 2 aromatic heterocycles. The van der Waals surface area contributed by atoms with Gasteiger partial charge in [-0.1, -0.05) is 46.7 Å². The summed E-state index contributed by atoms with van der Waals surface area (Å²) in [6.07, 6.45) is 4.60. The lowest BCUT2D eigenvalue weighted by atomic mass is 10.1. The van der Waals surface area contributed by atoms with Gasteiger partial charge in [0.25, 0.3) is 0 Å². The Bertz CT molecular complexity index is 1300. The van der Waals surface area contributed by atoms with Gasteiger partial charge >= 0.3 is 0 Å². The van der Waals surface area contributed by atoms with E-state index < -0.39 is 0 Å². The molecule has 0 amide bonds. The SMILES string of the molecule is Cc1cccc(C)c1OCc1noc(C2CC2)c1CCl.Cc1cccc(C)c1OCc1noc(C2CC2)c1CO. The number of halogens is 1. The fourth-order valence-electron chi connectivity index (χ4n) is 4.92. The lowest BCUT2D eigenvalue weighted by molar-refractivity contribution is 0.266. The summed E-state index contributed by atoms with van der Waals surface area (Å²) in [4.78, 5) is 0. The summed E-state index contributed by atoms with van der Waals surface area (Å²) in [5.41, 5.74) is 7.80. The van der Waals surface area contributed by atoms with Gasteiger partial charge < -0.3 is 23.6 Å². The summed E-state index contributed by atoms with van der Waals surface area (Å²) in [5.74, 6) is 4.99. The molecular formula is C32H37ClN2O5. The van der Waals surface area contributed by atoms with Gasteiger partial charge in [0.1, 0.15) is 47.6 Å². The largest absolute Gasteiger partial charge is 0.487 e. The van der Waals surface area contributed by atoms with Crippen molar-refractivity contribution < 1.29 is 23.6 Å². The van der Waals surface area contributed by atoms with Crippen LogP contribution in [0.3, 0.4) is 0 Å². The fourth-order valence-corrected chi connectivity index (χ4v) is 5.21. The van der Waals surface area contributed by atoms with Crippen molar-refractivity contribution in [2.24, 2.45) is 0 Å². The number of aromatic nitrogens is 2. The standard InChI is InChI=1S/C16H18ClNO2.C16H19NO3/c1-10-4-3-5-11(2)15(10)19-9-14-13(8-17)16(20-18-14)12-6-7-12;1-10-4-3-5-11(2)15(10)19-9-14-13(8-18)16(20-17-14)12-6-7-12/h3-5,12H,6-9H2,1-2H3;3-5,12,18H,6-9H2,1-2H3. The first kappa shape index (κ1) is 28.2. The van der Waals surface area contributed by atoms with Crippen LogP contribution in [0, 0.1) is 27.7 Å². The van der Waals surface area contributed by atoms with E-state index in [9.17, 15) is 5.11 Å². The van der Waals surface area contributed by atoms with E-state index in [1.807, 2.05) is 64.1 Å². The molecule has 0 unspecified atom stereocenters. The number of aliphatic hydroxyl groups excluding tert-OH is 1. The van der Waals surface area contributed by atoms with Gasteiger partial charge in [-0.25, -0.2) is 0 Å². The Hall–Kier alpha value is -3.29. The van der Waals surface area contributed by atoms with Crippen molar-refractivity contribution in [1.82, 2.24) is 10.3 Å². The summed E-state index contributed by atoms with van der Waals surface area (Å²) < 4.78 is 22.6. The average Bonchev–Trinajstić information content (AvgIpc) is 3.88. The summed E-state index contributed by atoms with van der Waals surface area (Å²) in [5, 5.41) is 17.7. The van der Waals surface area contributed by atoms with Crippen molar-refractivity contribution in [2.75, 3.05) is 0 Å². The molecule has 2 aliphatic rings. The number of hydrogen-bond acceptors (Lipinski definition) is 7. The molecule has 6 rings (SSSR count). The summed E-state index contributed by atoms with van der Waals surface area (Å²) >= 11 is 6.04. The molecule has 0 bridgehead atoms. The molecule has 8 heteroatoms. The lowest BCUT2D eigenvalue weighted by Crippen LogP contribution is -2.02. The van der Waals surface area contributed by atoms with E-state index >= 15 is 0 Å². The van der Waals surface area contributed by atoms with Crippen LogP contribution < -0.4 is 9.47 Å². The number of ether oxygens (including phenoxy) is 2. The monoisotopic (exact) mass is 564 g/mol. The molecule has 212 valence electrons. The van der Waals surface area contributed by atoms with Gasteiger partial charge in [-0.2, -0.15) is 0 Å². The molecule has 2 heterocycles. The zero-order chi connectivity index (χ0) is 28.2. The van der Waals surface area contributed by atoms with E-state index in [1.165, 1.54) is 12.8 Å². The number of para-hydroxylation sites is 2. The van der Waals surface area contributed by atoms with E-state index in [-0.39, 0.29) is 6.61 Å². The molecule has 1 N–H and O–H groups in total. The predicted octanol–water partition coefficient (Wildman–Crippen LogP) is 7.73. The maximum absolute atomic E-state index is 9.52. The van der Waals surface area contributed by atoms with Crippen LogP contribution in [0.25, 0.3) is 0 Å². The highest BCUT2D eigenvalue weighted by Crippen LogP contribution is 2.43. The number of hydrogen-bond donors (Lipinski definition) is 1. The van der Waals surface area contributed by atoms with Crippen LogP contribution in [0.1, 0.15) is 93.8 Å². The Labute approximate surface area is 240 Å². The second-order valence-electron chi connectivity index (χ2n) is 10.8. The third-order valence-electron chi connectivity index (χ3n) is 7.51. The molecule has 7 nitrogen and oxygen atoms in total. The lowest BCUT2D eigenvalue weighted by Gasteiger charge is -2.11. The summed E-state index contributed by atoms with van der Waals surface area (Å²) in [6, 6.07) is 12.2. The Morgan fingerprint density at radius 2 is 1.12 bits per heavy atom. The van der Waals surface area contributed by atoms with Crippen LogP contribution in [0.4, 0.5) is 0 Å². The minimum atomic E-state index is -0.0409. The van der Waals surface area contributed by atoms with E-state index in [0.717, 1.165) is 74.9 Å². The molecular weight excluding hydrogens is 528 g/mol. The Balaban J connectivity index is 0.000000161. The predicted molar refractivity (Wildman–Crippen MR) is 153 cm³/mol. The molecule has 0 aliphatic heterocycles. The third kappa shape index (κ3) is 6.37. The van der Waals surface area contributed by atoms with Crippen molar-refractivity contribution >= 4 is 11.6 Å². The molecule has 2 aromatic carbocycles. The second kappa shape index (κ2) is 12.5. The smallest absolute Gasteiger partial charge is 0.145 e. The molecule has 4 aromatic rings. The maximum Gasteiger partial charge on any atom is 0.145 e. The van der Waals surface area contributed by atoms with Crippen molar-refractivity contribution in [3.8, 4) is 11.5 Å². The third-order valence-corrected chi connectivity index (χ3v) is 7.78. The minimum absolute atomic E-state index is 0.0409. The first-order valence-corrected chi connectivity index (χ1v) is 14.4. The molecule has 0 atom stereocenters. The van der Waals surface area contributed by atoms with Crippen molar-refractivity contribution in [1.29, 1.82) is 0 Å². The molecule has 40 heavy (non-hydrogen) atoms. The first-order valence-electron chi connectivity index (χ1n) is 13.9. The van der Waals surface area contributed by atoms with Gasteiger partial charge in [-0.15, -0.1) is 11.6 Å². The van der Waals surface area contributed by atoms with Gasteiger partial charge in [0, 0.05) is 23.0 Å². The zero-order valence-electron chi connectivity index (χ0n) is 23.6. The molecule has 0 saturated heterocycles. The first-order chi connectivity index (χ1) is 19.4. The summed E-state index contributed by atoms with van der Waals surface area (Å²) in [7, 11) is 0. The number of aliphatic hydroxyl groups is 1. The quantitative estimate of drug-likeness (QED) is 0.197. The zero-order valence-corrected chi connectivity index (χ0v) is 24.4. The number of benzene rings is 2. The second-order valence-corrected chi connectivity index (χ2v) is 11.1. The number of aryl methyl sites for hydroxylation is 4. The van der Waals surface area contributed by atoms with Crippen LogP contribution >= 0.6 is 11.6 Å². The highest BCUT2D eigenvalue weighted by Gasteiger charge is 2.33. The highest BCUT2D eigenvalue weighted by molar-refractivity contribution is 6.17. The van der Waals surface area contributed by atoms with Crippen LogP contribution in [-0.2, 0) is 25.7 Å².